The number of rotatable bonds is 6. The number of sulfonamides is 1. The molecule has 9 heteroatoms. The molecule has 1 aromatic carbocycles. The van der Waals surface area contributed by atoms with Crippen LogP contribution < -0.4 is 9.04 Å². The Balaban J connectivity index is 2.48. The Labute approximate surface area is 159 Å². The Bertz CT molecular complexity index is 823. The van der Waals surface area contributed by atoms with Crippen LogP contribution in [0, 0.1) is 5.92 Å². The molecule has 1 fully saturated rings. The van der Waals surface area contributed by atoms with Crippen molar-refractivity contribution < 1.29 is 32.2 Å². The minimum atomic E-state index is -4.01. The van der Waals surface area contributed by atoms with E-state index in [0.29, 0.717) is 16.8 Å². The number of methoxy groups -OCH3 is 1. The van der Waals surface area contributed by atoms with Crippen LogP contribution in [0.3, 0.4) is 0 Å². The van der Waals surface area contributed by atoms with Crippen LogP contribution in [0.15, 0.2) is 18.2 Å². The number of carbonyl (C=O) groups excluding carboxylic acids is 2. The van der Waals surface area contributed by atoms with Crippen molar-refractivity contribution in [2.45, 2.75) is 39.2 Å². The summed E-state index contributed by atoms with van der Waals surface area (Å²) in [6, 6.07) is 4.07. The lowest BCUT2D eigenvalue weighted by Crippen LogP contribution is -2.40. The first-order valence-corrected chi connectivity index (χ1v) is 10.4. The second-order valence-corrected chi connectivity index (χ2v) is 9.27. The van der Waals surface area contributed by atoms with E-state index in [1.165, 1.54) is 25.3 Å². The third-order valence-corrected chi connectivity index (χ3v) is 4.67. The van der Waals surface area contributed by atoms with E-state index in [4.69, 9.17) is 14.2 Å². The molecule has 27 heavy (non-hydrogen) atoms. The van der Waals surface area contributed by atoms with E-state index in [1.807, 2.05) is 0 Å². The number of benzene rings is 1. The average molecular weight is 399 g/mol. The molecule has 1 aliphatic carbocycles. The number of carbonyl (C=O) groups is 2. The SMILES string of the molecule is COC(=O)c1ccc(N(C(=O)OC(C)(C)C)S(C)(=O)=O)c(OCC2CC2)c1. The van der Waals surface area contributed by atoms with Gasteiger partial charge in [-0.3, -0.25) is 0 Å². The van der Waals surface area contributed by atoms with Crippen LogP contribution in [0.2, 0.25) is 0 Å². The molecule has 0 unspecified atom stereocenters. The van der Waals surface area contributed by atoms with Crippen LogP contribution in [-0.2, 0) is 19.5 Å². The zero-order valence-corrected chi connectivity index (χ0v) is 17.0. The summed E-state index contributed by atoms with van der Waals surface area (Å²) < 4.78 is 40.8. The number of hydrogen-bond acceptors (Lipinski definition) is 7. The number of anilines is 1. The molecule has 8 nitrogen and oxygen atoms in total. The lowest BCUT2D eigenvalue weighted by Gasteiger charge is -2.27. The molecule has 1 amide bonds. The van der Waals surface area contributed by atoms with E-state index in [9.17, 15) is 18.0 Å². The summed E-state index contributed by atoms with van der Waals surface area (Å²) in [5, 5.41) is 0. The molecular weight excluding hydrogens is 374 g/mol. The highest BCUT2D eigenvalue weighted by molar-refractivity contribution is 7.92. The van der Waals surface area contributed by atoms with Crippen molar-refractivity contribution in [3.8, 4) is 5.75 Å². The van der Waals surface area contributed by atoms with E-state index in [-0.39, 0.29) is 17.0 Å². The van der Waals surface area contributed by atoms with E-state index < -0.39 is 27.7 Å². The van der Waals surface area contributed by atoms with Gasteiger partial charge in [0, 0.05) is 0 Å². The Morgan fingerprint density at radius 3 is 2.33 bits per heavy atom. The molecule has 1 aliphatic rings. The van der Waals surface area contributed by atoms with Crippen LogP contribution in [0.1, 0.15) is 44.0 Å². The lowest BCUT2D eigenvalue weighted by atomic mass is 10.2. The molecule has 0 atom stereocenters. The standard InChI is InChI=1S/C18H25NO7S/c1-18(2,3)26-17(21)19(27(5,22)23)14-9-8-13(16(20)24-4)10-15(14)25-11-12-6-7-12/h8-10,12H,6-7,11H2,1-5H3. The Morgan fingerprint density at radius 1 is 1.22 bits per heavy atom. The summed E-state index contributed by atoms with van der Waals surface area (Å²) in [6.45, 7) is 5.27. The molecule has 0 bridgehead atoms. The van der Waals surface area contributed by atoms with Gasteiger partial charge in [-0.15, -0.1) is 0 Å². The van der Waals surface area contributed by atoms with Gasteiger partial charge >= 0.3 is 12.1 Å². The topological polar surface area (TPSA) is 99.2 Å². The van der Waals surface area contributed by atoms with Gasteiger partial charge in [0.1, 0.15) is 17.0 Å². The van der Waals surface area contributed by atoms with Crippen LogP contribution in [0.5, 0.6) is 5.75 Å². The van der Waals surface area contributed by atoms with Crippen molar-refractivity contribution in [2.75, 3.05) is 24.3 Å². The fraction of sp³-hybridized carbons (Fsp3) is 0.556. The first-order chi connectivity index (χ1) is 12.4. The quantitative estimate of drug-likeness (QED) is 0.678. The predicted octanol–water partition coefficient (Wildman–Crippen LogP) is 2.96. The second kappa shape index (κ2) is 7.75. The first-order valence-electron chi connectivity index (χ1n) is 8.51. The van der Waals surface area contributed by atoms with Crippen LogP contribution in [0.4, 0.5) is 10.5 Å². The van der Waals surface area contributed by atoms with Gasteiger partial charge in [-0.05, 0) is 57.7 Å². The van der Waals surface area contributed by atoms with Crippen LogP contribution in [-0.4, -0.2) is 46.1 Å². The van der Waals surface area contributed by atoms with Gasteiger partial charge in [0.25, 0.3) is 0 Å². The van der Waals surface area contributed by atoms with Crippen molar-refractivity contribution in [1.82, 2.24) is 0 Å². The molecule has 0 aromatic heterocycles. The molecule has 0 aliphatic heterocycles. The molecule has 150 valence electrons. The third kappa shape index (κ3) is 5.85. The summed E-state index contributed by atoms with van der Waals surface area (Å²) in [6.07, 6.45) is 1.89. The van der Waals surface area contributed by atoms with Crippen LogP contribution >= 0.6 is 0 Å². The maximum Gasteiger partial charge on any atom is 0.429 e. The predicted molar refractivity (Wildman–Crippen MR) is 99.6 cm³/mol. The van der Waals surface area contributed by atoms with Crippen molar-refractivity contribution in [3.63, 3.8) is 0 Å². The van der Waals surface area contributed by atoms with Crippen molar-refractivity contribution in [1.29, 1.82) is 0 Å². The number of esters is 1. The fourth-order valence-electron chi connectivity index (χ4n) is 2.25. The second-order valence-electron chi connectivity index (χ2n) is 7.44. The molecule has 0 spiro atoms. The van der Waals surface area contributed by atoms with E-state index >= 15 is 0 Å². The van der Waals surface area contributed by atoms with E-state index in [0.717, 1.165) is 19.1 Å². The molecular formula is C18H25NO7S. The molecule has 2 rings (SSSR count). The Hall–Kier alpha value is -2.29. The van der Waals surface area contributed by atoms with Gasteiger partial charge in [0.2, 0.25) is 10.0 Å². The summed E-state index contributed by atoms with van der Waals surface area (Å²) in [4.78, 5) is 24.4. The van der Waals surface area contributed by atoms with Crippen molar-refractivity contribution >= 4 is 27.8 Å². The van der Waals surface area contributed by atoms with Gasteiger partial charge in [-0.2, -0.15) is 4.31 Å². The average Bonchev–Trinajstić information content (AvgIpc) is 3.34. The van der Waals surface area contributed by atoms with E-state index in [1.54, 1.807) is 20.8 Å². The number of ether oxygens (including phenoxy) is 3. The summed E-state index contributed by atoms with van der Waals surface area (Å²) in [5.74, 6) is -0.116. The van der Waals surface area contributed by atoms with Gasteiger partial charge in [0.15, 0.2) is 0 Å². The summed E-state index contributed by atoms with van der Waals surface area (Å²) in [5.41, 5.74) is -0.717. The molecule has 1 aromatic rings. The van der Waals surface area contributed by atoms with Gasteiger partial charge in [-0.25, -0.2) is 18.0 Å². The third-order valence-electron chi connectivity index (χ3n) is 3.66. The maximum atomic E-state index is 12.6. The molecule has 0 N–H and O–H groups in total. The lowest BCUT2D eigenvalue weighted by molar-refractivity contribution is 0.0595. The maximum absolute atomic E-state index is 12.6. The highest BCUT2D eigenvalue weighted by Gasteiger charge is 2.33. The van der Waals surface area contributed by atoms with Crippen molar-refractivity contribution in [3.05, 3.63) is 23.8 Å². The molecule has 0 saturated heterocycles. The monoisotopic (exact) mass is 399 g/mol. The first kappa shape index (κ1) is 21.0. The normalized spacial score (nSPS) is 14.4. The number of hydrogen-bond donors (Lipinski definition) is 0. The molecule has 0 radical (unpaired) electrons. The van der Waals surface area contributed by atoms with Crippen molar-refractivity contribution in [2.24, 2.45) is 5.92 Å². The van der Waals surface area contributed by atoms with Crippen LogP contribution in [0.25, 0.3) is 0 Å². The highest BCUT2D eigenvalue weighted by atomic mass is 32.2. The molecule has 1 saturated carbocycles. The minimum absolute atomic E-state index is 0.0138. The van der Waals surface area contributed by atoms with Gasteiger partial charge in [0.05, 0.1) is 25.5 Å². The minimum Gasteiger partial charge on any atom is -0.491 e. The zero-order chi connectivity index (χ0) is 20.4. The fourth-order valence-corrected chi connectivity index (χ4v) is 3.07. The van der Waals surface area contributed by atoms with E-state index in [2.05, 4.69) is 0 Å². The highest BCUT2D eigenvalue weighted by Crippen LogP contribution is 2.35. The Morgan fingerprint density at radius 2 is 1.85 bits per heavy atom. The van der Waals surface area contributed by atoms with Gasteiger partial charge in [-0.1, -0.05) is 0 Å². The zero-order valence-electron chi connectivity index (χ0n) is 16.1. The largest absolute Gasteiger partial charge is 0.491 e. The summed E-state index contributed by atoms with van der Waals surface area (Å²) in [7, 11) is -2.77. The Kier molecular flexibility index (Phi) is 6.04. The number of nitrogens with zero attached hydrogens (tertiary/aromatic N) is 1. The molecule has 0 heterocycles. The number of amides is 1. The summed E-state index contributed by atoms with van der Waals surface area (Å²) >= 11 is 0. The smallest absolute Gasteiger partial charge is 0.429 e. The van der Waals surface area contributed by atoms with Gasteiger partial charge < -0.3 is 14.2 Å².